The first-order valence-corrected chi connectivity index (χ1v) is 10.5. The van der Waals surface area contributed by atoms with E-state index in [9.17, 15) is 8.42 Å². The van der Waals surface area contributed by atoms with Crippen molar-refractivity contribution in [2.45, 2.75) is 18.3 Å². The topological polar surface area (TPSA) is 58.6 Å². The molecule has 28 heavy (non-hydrogen) atoms. The van der Waals surface area contributed by atoms with Gasteiger partial charge in [0.25, 0.3) is 10.0 Å². The molecule has 1 aliphatic heterocycles. The molecule has 1 unspecified atom stereocenters. The van der Waals surface area contributed by atoms with Crippen molar-refractivity contribution in [3.63, 3.8) is 0 Å². The number of benzene rings is 3. The van der Waals surface area contributed by atoms with E-state index in [1.165, 1.54) is 4.31 Å². The standard InChI is InChI=1S/C21H22N2O3S.ClH/c1-22-13-7-12-21-26-20-15-17-9-6-5-8-16(17)14-19(20)23(27(21,24)25)18-10-3-2-4-11-18;/h2-6,8-11,14-15,21-22H,7,12-13H2,1H3;1H. The van der Waals surface area contributed by atoms with Crippen molar-refractivity contribution in [3.8, 4) is 5.75 Å². The van der Waals surface area contributed by atoms with Gasteiger partial charge in [0.1, 0.15) is 5.75 Å². The molecule has 1 heterocycles. The molecule has 0 amide bonds. The van der Waals surface area contributed by atoms with E-state index >= 15 is 0 Å². The lowest BCUT2D eigenvalue weighted by Crippen LogP contribution is -2.43. The van der Waals surface area contributed by atoms with Crippen molar-refractivity contribution in [1.82, 2.24) is 5.32 Å². The van der Waals surface area contributed by atoms with Gasteiger partial charge in [-0.25, -0.2) is 12.7 Å². The van der Waals surface area contributed by atoms with Crippen LogP contribution >= 0.6 is 12.4 Å². The van der Waals surface area contributed by atoms with Crippen molar-refractivity contribution in [3.05, 3.63) is 66.7 Å². The molecule has 0 aliphatic carbocycles. The maximum atomic E-state index is 13.4. The molecular weight excluding hydrogens is 396 g/mol. The van der Waals surface area contributed by atoms with Gasteiger partial charge in [0.2, 0.25) is 5.44 Å². The summed E-state index contributed by atoms with van der Waals surface area (Å²) in [5, 5.41) is 5.06. The molecule has 1 N–H and O–H groups in total. The molecule has 0 fully saturated rings. The van der Waals surface area contributed by atoms with Gasteiger partial charge < -0.3 is 10.1 Å². The molecule has 0 bridgehead atoms. The Balaban J connectivity index is 0.00000225. The highest BCUT2D eigenvalue weighted by Crippen LogP contribution is 2.44. The summed E-state index contributed by atoms with van der Waals surface area (Å²) in [6.07, 6.45) is 1.14. The Kier molecular flexibility index (Phi) is 6.13. The molecule has 1 atom stereocenters. The highest BCUT2D eigenvalue weighted by Gasteiger charge is 2.41. The Morgan fingerprint density at radius 3 is 2.32 bits per heavy atom. The lowest BCUT2D eigenvalue weighted by Gasteiger charge is -2.36. The monoisotopic (exact) mass is 418 g/mol. The van der Waals surface area contributed by atoms with Gasteiger partial charge in [-0.15, -0.1) is 12.4 Å². The van der Waals surface area contributed by atoms with E-state index in [0.717, 1.165) is 17.3 Å². The molecule has 0 spiro atoms. The highest BCUT2D eigenvalue weighted by molar-refractivity contribution is 7.93. The molecule has 148 valence electrons. The summed E-state index contributed by atoms with van der Waals surface area (Å²) >= 11 is 0. The number of fused-ring (bicyclic) bond motifs is 2. The van der Waals surface area contributed by atoms with Crippen LogP contribution in [0.5, 0.6) is 5.75 Å². The fourth-order valence-electron chi connectivity index (χ4n) is 3.42. The van der Waals surface area contributed by atoms with E-state index in [1.807, 2.05) is 73.8 Å². The van der Waals surface area contributed by atoms with Crippen LogP contribution in [0.4, 0.5) is 11.4 Å². The zero-order valence-electron chi connectivity index (χ0n) is 15.5. The second-order valence-electron chi connectivity index (χ2n) is 6.61. The average Bonchev–Trinajstić information content (AvgIpc) is 2.67. The molecule has 0 radical (unpaired) electrons. The summed E-state index contributed by atoms with van der Waals surface area (Å²) in [5.41, 5.74) is 0.278. The normalized spacial score (nSPS) is 17.5. The number of nitrogens with one attached hydrogen (secondary N) is 1. The van der Waals surface area contributed by atoms with E-state index in [4.69, 9.17) is 4.74 Å². The van der Waals surface area contributed by atoms with Crippen molar-refractivity contribution < 1.29 is 13.2 Å². The summed E-state index contributed by atoms with van der Waals surface area (Å²) in [7, 11) is -1.84. The molecule has 7 heteroatoms. The van der Waals surface area contributed by atoms with Gasteiger partial charge >= 0.3 is 0 Å². The smallest absolute Gasteiger partial charge is 0.277 e. The lowest BCUT2D eigenvalue weighted by molar-refractivity contribution is 0.255. The summed E-state index contributed by atoms with van der Waals surface area (Å²) in [4.78, 5) is 0. The van der Waals surface area contributed by atoms with Gasteiger partial charge in [-0.1, -0.05) is 42.5 Å². The van der Waals surface area contributed by atoms with Crippen LogP contribution < -0.4 is 14.4 Å². The van der Waals surface area contributed by atoms with Crippen molar-refractivity contribution in [2.75, 3.05) is 17.9 Å². The molecule has 4 rings (SSSR count). The van der Waals surface area contributed by atoms with Crippen LogP contribution in [0, 0.1) is 0 Å². The first kappa shape index (κ1) is 20.5. The molecule has 0 saturated heterocycles. The second kappa shape index (κ2) is 8.39. The number of anilines is 2. The van der Waals surface area contributed by atoms with Crippen LogP contribution in [-0.2, 0) is 10.0 Å². The Morgan fingerprint density at radius 1 is 1.00 bits per heavy atom. The first-order chi connectivity index (χ1) is 13.1. The van der Waals surface area contributed by atoms with Gasteiger partial charge in [-0.05, 0) is 55.1 Å². The van der Waals surface area contributed by atoms with Crippen molar-refractivity contribution in [2.24, 2.45) is 0 Å². The largest absolute Gasteiger partial charge is 0.470 e. The van der Waals surface area contributed by atoms with Gasteiger partial charge in [0, 0.05) is 6.42 Å². The van der Waals surface area contributed by atoms with Crippen molar-refractivity contribution >= 4 is 44.6 Å². The number of halogens is 1. The third-order valence-electron chi connectivity index (χ3n) is 4.75. The van der Waals surface area contributed by atoms with Crippen LogP contribution in [-0.4, -0.2) is 27.4 Å². The Bertz CT molecular complexity index is 1060. The van der Waals surface area contributed by atoms with Gasteiger partial charge in [-0.3, -0.25) is 0 Å². The molecule has 0 aromatic heterocycles. The van der Waals surface area contributed by atoms with Gasteiger partial charge in [0.05, 0.1) is 11.4 Å². The fourth-order valence-corrected chi connectivity index (χ4v) is 5.18. The van der Waals surface area contributed by atoms with E-state index in [2.05, 4.69) is 5.32 Å². The maximum Gasteiger partial charge on any atom is 0.277 e. The van der Waals surface area contributed by atoms with E-state index in [0.29, 0.717) is 30.0 Å². The van der Waals surface area contributed by atoms with Crippen LogP contribution in [0.1, 0.15) is 12.8 Å². The number of para-hydroxylation sites is 1. The molecular formula is C21H23ClN2O3S. The summed E-state index contributed by atoms with van der Waals surface area (Å²) in [6, 6.07) is 20.9. The minimum Gasteiger partial charge on any atom is -0.470 e. The second-order valence-corrected chi connectivity index (χ2v) is 8.53. The van der Waals surface area contributed by atoms with E-state index < -0.39 is 15.5 Å². The molecule has 3 aromatic carbocycles. The fraction of sp³-hybridized carbons (Fsp3) is 0.238. The predicted octanol–water partition coefficient (Wildman–Crippen LogP) is 4.45. The summed E-state index contributed by atoms with van der Waals surface area (Å²) < 4.78 is 34.2. The Labute approximate surface area is 171 Å². The maximum absolute atomic E-state index is 13.4. The SMILES string of the molecule is CNCCCC1Oc2cc3ccccc3cc2N(c2ccccc2)S1(=O)=O.Cl. The number of hydrogen-bond acceptors (Lipinski definition) is 4. The molecule has 1 aliphatic rings. The van der Waals surface area contributed by atoms with E-state index in [-0.39, 0.29) is 12.4 Å². The van der Waals surface area contributed by atoms with Crippen LogP contribution in [0.25, 0.3) is 10.8 Å². The van der Waals surface area contributed by atoms with Crippen LogP contribution in [0.3, 0.4) is 0 Å². The minimum absolute atomic E-state index is 0. The zero-order chi connectivity index (χ0) is 18.9. The summed E-state index contributed by atoms with van der Waals surface area (Å²) in [5.74, 6) is 0.599. The third kappa shape index (κ3) is 3.68. The summed E-state index contributed by atoms with van der Waals surface area (Å²) in [6.45, 7) is 0.741. The van der Waals surface area contributed by atoms with Crippen LogP contribution in [0.2, 0.25) is 0 Å². The quantitative estimate of drug-likeness (QED) is 0.622. The first-order valence-electron chi connectivity index (χ1n) is 9.04. The van der Waals surface area contributed by atoms with Gasteiger partial charge in [0.15, 0.2) is 0 Å². The third-order valence-corrected chi connectivity index (χ3v) is 6.66. The number of sulfonamides is 1. The lowest BCUT2D eigenvalue weighted by atomic mass is 10.1. The Morgan fingerprint density at radius 2 is 1.64 bits per heavy atom. The van der Waals surface area contributed by atoms with Crippen LogP contribution in [0.15, 0.2) is 66.7 Å². The number of nitrogens with zero attached hydrogens (tertiary/aromatic N) is 1. The number of rotatable bonds is 5. The van der Waals surface area contributed by atoms with Crippen molar-refractivity contribution in [1.29, 1.82) is 0 Å². The minimum atomic E-state index is -3.70. The molecule has 3 aromatic rings. The number of hydrogen-bond donors (Lipinski definition) is 1. The number of ether oxygens (including phenoxy) is 1. The predicted molar refractivity (Wildman–Crippen MR) is 116 cm³/mol. The average molecular weight is 419 g/mol. The van der Waals surface area contributed by atoms with Gasteiger partial charge in [-0.2, -0.15) is 0 Å². The molecule has 0 saturated carbocycles. The van der Waals surface area contributed by atoms with E-state index in [1.54, 1.807) is 0 Å². The zero-order valence-corrected chi connectivity index (χ0v) is 17.2. The molecule has 5 nitrogen and oxygen atoms in total. The Hall–Kier alpha value is -2.28. The highest BCUT2D eigenvalue weighted by atomic mass is 35.5.